The van der Waals surface area contributed by atoms with Crippen molar-refractivity contribution in [3.05, 3.63) is 65.7 Å². The van der Waals surface area contributed by atoms with Crippen molar-refractivity contribution in [1.29, 1.82) is 0 Å². The number of rotatable bonds is 8. The number of nitrogens with zero attached hydrogens (tertiary/aromatic N) is 1. The summed E-state index contributed by atoms with van der Waals surface area (Å²) in [5.74, 6) is -0.785. The van der Waals surface area contributed by atoms with Gasteiger partial charge in [-0.2, -0.15) is 0 Å². The van der Waals surface area contributed by atoms with Crippen LogP contribution in [0, 0.1) is 33.4 Å². The molecular weight excluding hydrogens is 603 g/mol. The van der Waals surface area contributed by atoms with E-state index in [1.807, 2.05) is 0 Å². The van der Waals surface area contributed by atoms with Crippen LogP contribution in [0.15, 0.2) is 59.3 Å². The summed E-state index contributed by atoms with van der Waals surface area (Å²) in [5, 5.41) is 0. The molecule has 47 heavy (non-hydrogen) atoms. The van der Waals surface area contributed by atoms with Gasteiger partial charge in [-0.3, -0.25) is 0 Å². The number of hydrogen-bond donors (Lipinski definition) is 1. The van der Waals surface area contributed by atoms with Crippen molar-refractivity contribution in [2.24, 2.45) is 38.3 Å². The van der Waals surface area contributed by atoms with Gasteiger partial charge in [0.25, 0.3) is 0 Å². The molecule has 1 aromatic rings. The average Bonchev–Trinajstić information content (AvgIpc) is 3.29. The molecule has 9 nitrogen and oxygen atoms in total. The Hall–Kier alpha value is -2.44. The second-order valence-corrected chi connectivity index (χ2v) is 15.1. The van der Waals surface area contributed by atoms with Gasteiger partial charge in [0.1, 0.15) is 24.8 Å². The molecule has 8 atom stereocenters. The number of halogens is 1. The highest BCUT2D eigenvalue weighted by Gasteiger charge is 2.89. The zero-order valence-corrected chi connectivity index (χ0v) is 27.8. The summed E-state index contributed by atoms with van der Waals surface area (Å²) < 4.78 is 57.4. The summed E-state index contributed by atoms with van der Waals surface area (Å²) >= 11 is 0. The van der Waals surface area contributed by atoms with Gasteiger partial charge in [-0.25, -0.2) is 9.38 Å². The van der Waals surface area contributed by atoms with Gasteiger partial charge in [0.2, 0.25) is 5.79 Å². The fraction of sp³-hybridized carbons (Fsp3) is 0.649. The monoisotopic (exact) mass is 650 g/mol. The molecule has 2 aliphatic heterocycles. The standard InChI is InChI=1S/C37H47FN2O7/c1-5-12-42-18-24-13-27(6-7-28(24)38)40-29-14-26-8-10-34-19-35(34,32(26,2)15-25(29)17-39)31(44-21-41-4)16-33(3)30(34)9-11-36(33)37(47-23-45-36)20-43-22-46-37/h5-7,13-14,17,30-31H,1,8-12,15-16,18-23,39H2,2-4H3/t30?,31-,32-,33-,34?,35?,36+,37-/m0/s1. The summed E-state index contributed by atoms with van der Waals surface area (Å²) in [5.41, 5.74) is 9.69. The largest absolute Gasteiger partial charge is 0.404 e. The van der Waals surface area contributed by atoms with Gasteiger partial charge < -0.3 is 38.9 Å². The number of allylic oxidation sites excluding steroid dienone is 3. The van der Waals surface area contributed by atoms with Crippen LogP contribution in [0.3, 0.4) is 0 Å². The Morgan fingerprint density at radius 3 is 2.79 bits per heavy atom. The van der Waals surface area contributed by atoms with Crippen LogP contribution in [0.4, 0.5) is 10.1 Å². The van der Waals surface area contributed by atoms with Crippen LogP contribution in [-0.4, -0.2) is 63.9 Å². The number of ether oxygens (including phenoxy) is 7. The summed E-state index contributed by atoms with van der Waals surface area (Å²) in [6.07, 6.45) is 12.2. The highest BCUT2D eigenvalue weighted by atomic mass is 19.1. The van der Waals surface area contributed by atoms with Crippen molar-refractivity contribution >= 4 is 11.4 Å². The maximum Gasteiger partial charge on any atom is 0.226 e. The van der Waals surface area contributed by atoms with Gasteiger partial charge >= 0.3 is 0 Å². The van der Waals surface area contributed by atoms with E-state index < -0.39 is 11.4 Å². The molecule has 5 aliphatic carbocycles. The minimum Gasteiger partial charge on any atom is -0.404 e. The lowest BCUT2D eigenvalue weighted by Gasteiger charge is -2.62. The molecule has 254 valence electrons. The van der Waals surface area contributed by atoms with Gasteiger partial charge in [-0.1, -0.05) is 25.5 Å². The molecule has 4 saturated carbocycles. The predicted octanol–water partition coefficient (Wildman–Crippen LogP) is 6.20. The predicted molar refractivity (Wildman–Crippen MR) is 172 cm³/mol. The van der Waals surface area contributed by atoms with Crippen LogP contribution < -0.4 is 5.73 Å². The number of hydrogen-bond acceptors (Lipinski definition) is 9. The molecule has 7 aliphatic rings. The minimum absolute atomic E-state index is 0.0660. The van der Waals surface area contributed by atoms with E-state index in [0.717, 1.165) is 56.2 Å². The van der Waals surface area contributed by atoms with Crippen molar-refractivity contribution in [3.63, 3.8) is 0 Å². The number of aliphatic imine (C=N–C) groups is 1. The Bertz CT molecular complexity index is 1550. The highest BCUT2D eigenvalue weighted by Crippen LogP contribution is 2.91. The molecule has 2 heterocycles. The molecule has 2 saturated heterocycles. The van der Waals surface area contributed by atoms with Crippen molar-refractivity contribution in [1.82, 2.24) is 0 Å². The molecule has 2 N–H and O–H groups in total. The van der Waals surface area contributed by atoms with Gasteiger partial charge in [0, 0.05) is 28.9 Å². The third-order valence-corrected chi connectivity index (χ3v) is 13.6. The molecule has 1 aromatic carbocycles. The van der Waals surface area contributed by atoms with E-state index in [2.05, 4.69) is 26.5 Å². The van der Waals surface area contributed by atoms with Gasteiger partial charge in [0.15, 0.2) is 13.6 Å². The van der Waals surface area contributed by atoms with E-state index in [-0.39, 0.29) is 60.6 Å². The summed E-state index contributed by atoms with van der Waals surface area (Å²) in [6.45, 7) is 10.0. The third kappa shape index (κ3) is 4.03. The van der Waals surface area contributed by atoms with Crippen molar-refractivity contribution in [3.8, 4) is 0 Å². The zero-order chi connectivity index (χ0) is 32.7. The molecule has 0 amide bonds. The van der Waals surface area contributed by atoms with Crippen LogP contribution in [0.25, 0.3) is 0 Å². The molecule has 0 bridgehead atoms. The zero-order valence-electron chi connectivity index (χ0n) is 27.8. The number of methoxy groups -OCH3 is 1. The fourth-order valence-electron chi connectivity index (χ4n) is 11.8. The van der Waals surface area contributed by atoms with E-state index in [9.17, 15) is 4.39 Å². The van der Waals surface area contributed by atoms with E-state index in [0.29, 0.717) is 30.4 Å². The lowest BCUT2D eigenvalue weighted by molar-refractivity contribution is -0.264. The van der Waals surface area contributed by atoms with Gasteiger partial charge in [0.05, 0.1) is 30.7 Å². The molecule has 10 heteroatoms. The Morgan fingerprint density at radius 1 is 1.17 bits per heavy atom. The molecule has 2 spiro atoms. The van der Waals surface area contributed by atoms with E-state index in [1.54, 1.807) is 31.5 Å². The average molecular weight is 651 g/mol. The fourth-order valence-corrected chi connectivity index (χ4v) is 11.8. The summed E-state index contributed by atoms with van der Waals surface area (Å²) in [7, 11) is 1.69. The Morgan fingerprint density at radius 2 is 2.02 bits per heavy atom. The molecular formula is C37H47FN2O7. The normalized spacial score (nSPS) is 44.8. The second kappa shape index (κ2) is 11.0. The van der Waals surface area contributed by atoms with Crippen molar-refractivity contribution < 1.29 is 37.5 Å². The van der Waals surface area contributed by atoms with Crippen LogP contribution in [0.2, 0.25) is 0 Å². The van der Waals surface area contributed by atoms with E-state index in [1.165, 1.54) is 11.6 Å². The first kappa shape index (κ1) is 31.8. The lowest BCUT2D eigenvalue weighted by Crippen LogP contribution is -2.66. The quantitative estimate of drug-likeness (QED) is 0.202. The van der Waals surface area contributed by atoms with Crippen LogP contribution in [-0.2, 0) is 39.8 Å². The lowest BCUT2D eigenvalue weighted by atomic mass is 9.44. The summed E-state index contributed by atoms with van der Waals surface area (Å²) in [6, 6.07) is 4.91. The SMILES string of the molecule is C=CCOCc1cc(N=C2C=C3CCC45CC4([C@@H](OCOC)C[C@@]4(C)C5CC[C@@]45OCO[C@@]54COCO4)[C@@]3(C)CC2=CN)ccc1F. The molecule has 8 rings (SSSR count). The number of benzene rings is 1. The summed E-state index contributed by atoms with van der Waals surface area (Å²) in [4.78, 5) is 5.02. The number of fused-ring (bicyclic) bond motifs is 4. The van der Waals surface area contributed by atoms with Crippen LogP contribution in [0.1, 0.15) is 64.4 Å². The highest BCUT2D eigenvalue weighted by molar-refractivity contribution is 6.11. The van der Waals surface area contributed by atoms with Gasteiger partial charge in [-0.15, -0.1) is 6.58 Å². The molecule has 0 radical (unpaired) electrons. The molecule has 3 unspecified atom stereocenters. The molecule has 0 aromatic heterocycles. The first-order chi connectivity index (χ1) is 22.7. The van der Waals surface area contributed by atoms with E-state index in [4.69, 9.17) is 43.9 Å². The molecule has 6 fully saturated rings. The number of nitrogens with two attached hydrogens (primary N) is 1. The third-order valence-electron chi connectivity index (χ3n) is 13.6. The maximum atomic E-state index is 14.6. The van der Waals surface area contributed by atoms with Crippen molar-refractivity contribution in [2.45, 2.75) is 82.9 Å². The Labute approximate surface area is 276 Å². The van der Waals surface area contributed by atoms with Crippen molar-refractivity contribution in [2.75, 3.05) is 40.7 Å². The Kier molecular flexibility index (Phi) is 7.47. The first-order valence-electron chi connectivity index (χ1n) is 17.0. The van der Waals surface area contributed by atoms with Crippen LogP contribution in [0.5, 0.6) is 0 Å². The van der Waals surface area contributed by atoms with Crippen LogP contribution >= 0.6 is 0 Å². The van der Waals surface area contributed by atoms with E-state index >= 15 is 0 Å². The van der Waals surface area contributed by atoms with Gasteiger partial charge in [-0.05, 0) is 92.3 Å². The second-order valence-electron chi connectivity index (χ2n) is 15.1. The first-order valence-corrected chi connectivity index (χ1v) is 17.0. The smallest absolute Gasteiger partial charge is 0.226 e. The topological polar surface area (TPSA) is 103 Å². The maximum absolute atomic E-state index is 14.6. The minimum atomic E-state index is -0.888. The Balaban J connectivity index is 1.17.